The Balaban J connectivity index is 2.28. The molecule has 1 saturated heterocycles. The van der Waals surface area contributed by atoms with E-state index in [1.807, 2.05) is 12.1 Å². The molecule has 0 amide bonds. The van der Waals surface area contributed by atoms with Crippen molar-refractivity contribution in [2.75, 3.05) is 13.2 Å². The molecule has 2 rings (SSSR count). The van der Waals surface area contributed by atoms with E-state index in [0.717, 1.165) is 24.8 Å². The Labute approximate surface area is 123 Å². The Morgan fingerprint density at radius 1 is 1.26 bits per heavy atom. The van der Waals surface area contributed by atoms with Gasteiger partial charge in [-0.3, -0.25) is 0 Å². The summed E-state index contributed by atoms with van der Waals surface area (Å²) < 4.78 is 5.71. The van der Waals surface area contributed by atoms with E-state index in [1.165, 1.54) is 0 Å². The molecule has 1 aliphatic heterocycles. The summed E-state index contributed by atoms with van der Waals surface area (Å²) in [5.74, 6) is 0.0272. The molecule has 3 nitrogen and oxygen atoms in total. The van der Waals surface area contributed by atoms with Crippen molar-refractivity contribution in [3.8, 4) is 0 Å². The normalized spacial score (nSPS) is 25.9. The predicted octanol–water partition coefficient (Wildman–Crippen LogP) is 3.00. The van der Waals surface area contributed by atoms with Gasteiger partial charge in [-0.1, -0.05) is 35.7 Å². The highest BCUT2D eigenvalue weighted by Gasteiger charge is 2.31. The Kier molecular flexibility index (Phi) is 5.48. The Morgan fingerprint density at radius 2 is 2.05 bits per heavy atom. The highest BCUT2D eigenvalue weighted by molar-refractivity contribution is 6.42. The first kappa shape index (κ1) is 15.1. The largest absolute Gasteiger partial charge is 0.394 e. The quantitative estimate of drug-likeness (QED) is 0.902. The first-order valence-electron chi connectivity index (χ1n) is 6.49. The minimum absolute atomic E-state index is 0.0272. The molecule has 1 aliphatic rings. The van der Waals surface area contributed by atoms with Crippen molar-refractivity contribution in [2.45, 2.75) is 37.4 Å². The molecule has 1 aromatic rings. The molecule has 0 aromatic heterocycles. The molecule has 0 radical (unpaired) electrons. The summed E-state index contributed by atoms with van der Waals surface area (Å²) in [6.07, 6.45) is 1.62. The topological polar surface area (TPSA) is 49.7 Å². The average molecular weight is 305 g/mol. The second-order valence-corrected chi connectivity index (χ2v) is 5.68. The van der Waals surface area contributed by atoms with Crippen LogP contribution in [0.25, 0.3) is 0 Å². The van der Waals surface area contributed by atoms with Crippen LogP contribution in [0, 0.1) is 0 Å². The van der Waals surface area contributed by atoms with Gasteiger partial charge >= 0.3 is 0 Å². The summed E-state index contributed by atoms with van der Waals surface area (Å²) in [6.45, 7) is 0.308. The van der Waals surface area contributed by atoms with E-state index in [-0.39, 0.29) is 12.5 Å². The molecule has 3 atom stereocenters. The molecular formula is C14H18Cl2O3. The number of ether oxygens (including phenoxy) is 1. The molecule has 1 unspecified atom stereocenters. The highest BCUT2D eigenvalue weighted by Crippen LogP contribution is 2.35. The van der Waals surface area contributed by atoms with Gasteiger partial charge in [-0.25, -0.2) is 0 Å². The van der Waals surface area contributed by atoms with Gasteiger partial charge in [-0.15, -0.1) is 0 Å². The van der Waals surface area contributed by atoms with Crippen molar-refractivity contribution in [1.29, 1.82) is 0 Å². The van der Waals surface area contributed by atoms with Crippen LogP contribution in [0.15, 0.2) is 18.2 Å². The number of halogens is 2. The highest BCUT2D eigenvalue weighted by atomic mass is 35.5. The fraction of sp³-hybridized carbons (Fsp3) is 0.571. The van der Waals surface area contributed by atoms with E-state index in [2.05, 4.69) is 0 Å². The summed E-state index contributed by atoms with van der Waals surface area (Å²) in [6, 6.07) is 5.48. The predicted molar refractivity (Wildman–Crippen MR) is 75.9 cm³/mol. The summed E-state index contributed by atoms with van der Waals surface area (Å²) in [4.78, 5) is 0. The summed E-state index contributed by atoms with van der Waals surface area (Å²) in [7, 11) is 0. The number of aliphatic hydroxyl groups is 2. The lowest BCUT2D eigenvalue weighted by Gasteiger charge is -2.28. The third kappa shape index (κ3) is 3.61. The average Bonchev–Trinajstić information content (AvgIpc) is 2.66. The van der Waals surface area contributed by atoms with Crippen molar-refractivity contribution in [1.82, 2.24) is 0 Å². The molecule has 1 heterocycles. The Hall–Kier alpha value is -0.320. The number of benzene rings is 1. The van der Waals surface area contributed by atoms with E-state index in [1.54, 1.807) is 6.07 Å². The van der Waals surface area contributed by atoms with Crippen LogP contribution in [0.3, 0.4) is 0 Å². The molecule has 106 valence electrons. The zero-order valence-electron chi connectivity index (χ0n) is 10.6. The smallest absolute Gasteiger partial charge is 0.104 e. The zero-order valence-corrected chi connectivity index (χ0v) is 12.1. The van der Waals surface area contributed by atoms with Crippen LogP contribution in [0.1, 0.15) is 30.7 Å². The van der Waals surface area contributed by atoms with E-state index in [4.69, 9.17) is 33.0 Å². The minimum Gasteiger partial charge on any atom is -0.394 e. The van der Waals surface area contributed by atoms with Crippen LogP contribution in [0.2, 0.25) is 10.0 Å². The third-order valence-electron chi connectivity index (χ3n) is 3.55. The van der Waals surface area contributed by atoms with Gasteiger partial charge in [0.15, 0.2) is 0 Å². The molecule has 0 aliphatic carbocycles. The number of hydrogen-bond donors (Lipinski definition) is 2. The molecule has 1 fully saturated rings. The van der Waals surface area contributed by atoms with Crippen molar-refractivity contribution >= 4 is 23.2 Å². The van der Waals surface area contributed by atoms with Crippen molar-refractivity contribution < 1.29 is 14.9 Å². The molecule has 19 heavy (non-hydrogen) atoms. The van der Waals surface area contributed by atoms with Gasteiger partial charge in [0.05, 0.1) is 22.8 Å². The Bertz CT molecular complexity index is 425. The molecule has 5 heteroatoms. The van der Waals surface area contributed by atoms with Crippen molar-refractivity contribution in [2.24, 2.45) is 0 Å². The van der Waals surface area contributed by atoms with Gasteiger partial charge in [0.2, 0.25) is 0 Å². The summed E-state index contributed by atoms with van der Waals surface area (Å²) in [5.41, 5.74) is 0.994. The lowest BCUT2D eigenvalue weighted by atomic mass is 9.87. The molecule has 2 N–H and O–H groups in total. The molecule has 0 saturated carbocycles. The van der Waals surface area contributed by atoms with E-state index in [9.17, 15) is 5.11 Å². The lowest BCUT2D eigenvalue weighted by molar-refractivity contribution is -0.0641. The second kappa shape index (κ2) is 6.91. The van der Waals surface area contributed by atoms with Crippen LogP contribution in [-0.4, -0.2) is 35.6 Å². The molecular weight excluding hydrogens is 287 g/mol. The van der Waals surface area contributed by atoms with Gasteiger partial charge in [0.1, 0.15) is 6.10 Å². The fourth-order valence-corrected chi connectivity index (χ4v) is 2.86. The zero-order chi connectivity index (χ0) is 13.8. The van der Waals surface area contributed by atoms with Crippen molar-refractivity contribution in [3.63, 3.8) is 0 Å². The van der Waals surface area contributed by atoms with Crippen LogP contribution in [0.4, 0.5) is 0 Å². The van der Waals surface area contributed by atoms with Gasteiger partial charge in [0, 0.05) is 12.5 Å². The van der Waals surface area contributed by atoms with Crippen LogP contribution in [0.5, 0.6) is 0 Å². The molecule has 0 spiro atoms. The standard InChI is InChI=1S/C14H18Cl2O3/c15-11-5-4-9(7-12(11)16)10-3-1-2-6-19-14(10)13(18)8-17/h4-5,7,10,13-14,17-18H,1-3,6,8H2/t10?,13-,14-/m1/s1. The maximum absolute atomic E-state index is 9.93. The first-order valence-corrected chi connectivity index (χ1v) is 7.24. The number of hydrogen-bond acceptors (Lipinski definition) is 3. The fourth-order valence-electron chi connectivity index (χ4n) is 2.55. The Morgan fingerprint density at radius 3 is 2.74 bits per heavy atom. The summed E-state index contributed by atoms with van der Waals surface area (Å²) in [5, 5.41) is 20.1. The number of aliphatic hydroxyl groups excluding tert-OH is 2. The van der Waals surface area contributed by atoms with Gasteiger partial charge in [-0.2, -0.15) is 0 Å². The number of rotatable bonds is 3. The van der Waals surface area contributed by atoms with Gasteiger partial charge in [0.25, 0.3) is 0 Å². The second-order valence-electron chi connectivity index (χ2n) is 4.86. The minimum atomic E-state index is -0.877. The SMILES string of the molecule is OC[C@@H](O)[C@@H]1OCCCCC1c1ccc(Cl)c(Cl)c1. The monoisotopic (exact) mass is 304 g/mol. The van der Waals surface area contributed by atoms with E-state index in [0.29, 0.717) is 16.7 Å². The maximum Gasteiger partial charge on any atom is 0.104 e. The van der Waals surface area contributed by atoms with Crippen LogP contribution in [-0.2, 0) is 4.74 Å². The lowest BCUT2D eigenvalue weighted by Crippen LogP contribution is -2.36. The third-order valence-corrected chi connectivity index (χ3v) is 4.29. The molecule has 1 aromatic carbocycles. The first-order chi connectivity index (χ1) is 9.13. The van der Waals surface area contributed by atoms with Crippen LogP contribution >= 0.6 is 23.2 Å². The summed E-state index contributed by atoms with van der Waals surface area (Å²) >= 11 is 12.0. The molecule has 0 bridgehead atoms. The maximum atomic E-state index is 9.93. The van der Waals surface area contributed by atoms with Gasteiger partial charge in [-0.05, 0) is 30.5 Å². The van der Waals surface area contributed by atoms with E-state index >= 15 is 0 Å². The van der Waals surface area contributed by atoms with Gasteiger partial charge < -0.3 is 14.9 Å². The van der Waals surface area contributed by atoms with E-state index < -0.39 is 12.2 Å². The van der Waals surface area contributed by atoms with Crippen molar-refractivity contribution in [3.05, 3.63) is 33.8 Å². The van der Waals surface area contributed by atoms with Crippen LogP contribution < -0.4 is 0 Å².